The minimum absolute atomic E-state index is 0.0850. The summed E-state index contributed by atoms with van der Waals surface area (Å²) < 4.78 is 1.89. The van der Waals surface area contributed by atoms with E-state index in [0.717, 1.165) is 62.1 Å². The fraction of sp³-hybridized carbons (Fsp3) is 0.483. The smallest absolute Gasteiger partial charge is 0.326 e. The van der Waals surface area contributed by atoms with Crippen LogP contribution in [0.15, 0.2) is 36.4 Å². The number of carboxylic acids is 1. The molecule has 1 aliphatic heterocycles. The Bertz CT molecular complexity index is 1350. The van der Waals surface area contributed by atoms with Gasteiger partial charge in [0.25, 0.3) is 5.91 Å². The van der Waals surface area contributed by atoms with Crippen LogP contribution in [0.4, 0.5) is 5.82 Å². The van der Waals surface area contributed by atoms with E-state index in [1.165, 1.54) is 5.56 Å². The number of pyridine rings is 1. The van der Waals surface area contributed by atoms with Gasteiger partial charge in [0.15, 0.2) is 5.82 Å². The normalized spacial score (nSPS) is 15.3. The number of unbranched alkanes of at least 4 members (excludes halogenated alkanes) is 1. The lowest BCUT2D eigenvalue weighted by Gasteiger charge is -2.17. The Kier molecular flexibility index (Phi) is 8.39. The van der Waals surface area contributed by atoms with Crippen LogP contribution >= 0.6 is 0 Å². The van der Waals surface area contributed by atoms with Gasteiger partial charge in [-0.15, -0.1) is 0 Å². The Morgan fingerprint density at radius 2 is 1.95 bits per heavy atom. The number of carbonyl (C=O) groups is 3. The Morgan fingerprint density at radius 1 is 1.10 bits per heavy atom. The minimum Gasteiger partial charge on any atom is -0.480 e. The van der Waals surface area contributed by atoms with Crippen molar-refractivity contribution in [2.24, 2.45) is 5.92 Å². The summed E-state index contributed by atoms with van der Waals surface area (Å²) in [5.74, 6) is -0.0620. The molecule has 1 aliphatic carbocycles. The number of amides is 2. The van der Waals surface area contributed by atoms with Gasteiger partial charge in [0.05, 0.1) is 11.0 Å². The highest BCUT2D eigenvalue weighted by Crippen LogP contribution is 2.32. The molecule has 0 bridgehead atoms. The van der Waals surface area contributed by atoms with E-state index in [1.807, 2.05) is 28.8 Å². The summed E-state index contributed by atoms with van der Waals surface area (Å²) >= 11 is 0. The van der Waals surface area contributed by atoms with Crippen LogP contribution in [0.2, 0.25) is 0 Å². The Labute approximate surface area is 227 Å². The number of anilines is 1. The third-order valence-electron chi connectivity index (χ3n) is 7.39. The van der Waals surface area contributed by atoms with Crippen molar-refractivity contribution in [2.45, 2.75) is 70.4 Å². The predicted molar refractivity (Wildman–Crippen MR) is 148 cm³/mol. The van der Waals surface area contributed by atoms with E-state index < -0.39 is 17.9 Å². The quantitative estimate of drug-likeness (QED) is 0.248. The van der Waals surface area contributed by atoms with Crippen molar-refractivity contribution in [3.63, 3.8) is 0 Å². The van der Waals surface area contributed by atoms with Crippen molar-refractivity contribution < 1.29 is 19.5 Å². The summed E-state index contributed by atoms with van der Waals surface area (Å²) in [6.45, 7) is 1.81. The molecule has 2 amide bonds. The maximum absolute atomic E-state index is 13.1. The van der Waals surface area contributed by atoms with E-state index in [4.69, 9.17) is 0 Å². The standard InChI is InChI=1S/C29H36N6O4/c36-25(10-4-1-7-21-14-13-20-6-5-16-31-26(20)32-21)30-17-15-23(29(38)39)34-28(37)27-33-22-8-2-3-9-24(22)35(27)18-19-11-12-19/h2-3,8-9,13-14,19,23H,1,4-7,10-12,15-18H2,(H,30,36)(H,31,32)(H,34,37)(H,38,39)/t23-/m1/s1. The number of aryl methyl sites for hydroxylation is 2. The summed E-state index contributed by atoms with van der Waals surface area (Å²) in [6.07, 6.45) is 7.24. The molecule has 3 aromatic rings. The lowest BCUT2D eigenvalue weighted by atomic mass is 10.1. The van der Waals surface area contributed by atoms with Crippen LogP contribution in [0.3, 0.4) is 0 Å². The van der Waals surface area contributed by atoms with Crippen LogP contribution in [0, 0.1) is 5.92 Å². The Hall–Kier alpha value is -3.95. The first kappa shape index (κ1) is 26.6. The van der Waals surface area contributed by atoms with Crippen molar-refractivity contribution in [1.29, 1.82) is 0 Å². The van der Waals surface area contributed by atoms with E-state index in [1.54, 1.807) is 0 Å². The molecule has 0 radical (unpaired) electrons. The largest absolute Gasteiger partial charge is 0.480 e. The number of aliphatic carboxylic acids is 1. The third kappa shape index (κ3) is 6.93. The molecule has 1 saturated carbocycles. The van der Waals surface area contributed by atoms with Crippen LogP contribution in [0.1, 0.15) is 66.8 Å². The zero-order chi connectivity index (χ0) is 27.2. The fourth-order valence-electron chi connectivity index (χ4n) is 5.02. The molecule has 3 heterocycles. The van der Waals surface area contributed by atoms with Crippen molar-refractivity contribution in [3.05, 3.63) is 53.5 Å². The summed E-state index contributed by atoms with van der Waals surface area (Å²) in [4.78, 5) is 46.4. The number of aromatic nitrogens is 3. The second-order valence-corrected chi connectivity index (χ2v) is 10.5. The van der Waals surface area contributed by atoms with Gasteiger partial charge in [-0.3, -0.25) is 9.59 Å². The summed E-state index contributed by atoms with van der Waals surface area (Å²) in [5, 5.41) is 18.4. The molecule has 10 nitrogen and oxygen atoms in total. The first-order chi connectivity index (χ1) is 19.0. The number of hydrogen-bond acceptors (Lipinski definition) is 6. The summed E-state index contributed by atoms with van der Waals surface area (Å²) in [6, 6.07) is 10.6. The van der Waals surface area contributed by atoms with E-state index in [0.29, 0.717) is 30.8 Å². The second kappa shape index (κ2) is 12.3. The Morgan fingerprint density at radius 3 is 2.77 bits per heavy atom. The van der Waals surface area contributed by atoms with Gasteiger partial charge >= 0.3 is 5.97 Å². The first-order valence-electron chi connectivity index (χ1n) is 14.0. The Balaban J connectivity index is 1.06. The number of carbonyl (C=O) groups excluding carboxylic acids is 2. The zero-order valence-corrected chi connectivity index (χ0v) is 22.1. The van der Waals surface area contributed by atoms with Crippen LogP contribution in [0.5, 0.6) is 0 Å². The number of rotatable bonds is 13. The van der Waals surface area contributed by atoms with Crippen LogP contribution in [-0.4, -0.2) is 56.6 Å². The molecule has 0 spiro atoms. The van der Waals surface area contributed by atoms with E-state index >= 15 is 0 Å². The highest BCUT2D eigenvalue weighted by Gasteiger charge is 2.28. The number of carboxylic acid groups (broad SMARTS) is 1. The molecule has 5 rings (SSSR count). The molecule has 1 aromatic carbocycles. The van der Waals surface area contributed by atoms with Crippen LogP contribution in [-0.2, 0) is 29.0 Å². The van der Waals surface area contributed by atoms with Gasteiger partial charge in [0.2, 0.25) is 5.91 Å². The molecule has 0 saturated heterocycles. The number of hydrogen-bond donors (Lipinski definition) is 4. The monoisotopic (exact) mass is 532 g/mol. The average Bonchev–Trinajstić information content (AvgIpc) is 3.69. The molecule has 0 unspecified atom stereocenters. The highest BCUT2D eigenvalue weighted by molar-refractivity contribution is 5.97. The molecule has 10 heteroatoms. The van der Waals surface area contributed by atoms with Gasteiger partial charge in [0, 0.05) is 31.7 Å². The highest BCUT2D eigenvalue weighted by atomic mass is 16.4. The maximum atomic E-state index is 13.1. The number of imidazole rings is 1. The second-order valence-electron chi connectivity index (χ2n) is 10.5. The number of para-hydroxylation sites is 2. The zero-order valence-electron chi connectivity index (χ0n) is 22.1. The number of nitrogens with zero attached hydrogens (tertiary/aromatic N) is 3. The topological polar surface area (TPSA) is 138 Å². The number of nitrogens with one attached hydrogen (secondary N) is 3. The van der Waals surface area contributed by atoms with Gasteiger partial charge < -0.3 is 25.6 Å². The SMILES string of the molecule is O=C(CCCCc1ccc2c(n1)NCCC2)NCC[C@@H](NC(=O)c1nc2ccccc2n1CC1CC1)C(=O)O. The maximum Gasteiger partial charge on any atom is 0.326 e. The summed E-state index contributed by atoms with van der Waals surface area (Å²) in [5.41, 5.74) is 3.86. The lowest BCUT2D eigenvalue weighted by Crippen LogP contribution is -2.44. The van der Waals surface area contributed by atoms with Gasteiger partial charge in [-0.05, 0) is 81.0 Å². The average molecular weight is 533 g/mol. The van der Waals surface area contributed by atoms with E-state index in [2.05, 4.69) is 38.1 Å². The van der Waals surface area contributed by atoms with Crippen molar-refractivity contribution in [3.8, 4) is 0 Å². The molecule has 4 N–H and O–H groups in total. The molecule has 2 aromatic heterocycles. The van der Waals surface area contributed by atoms with Gasteiger partial charge in [0.1, 0.15) is 11.9 Å². The van der Waals surface area contributed by atoms with Gasteiger partial charge in [-0.1, -0.05) is 18.2 Å². The van der Waals surface area contributed by atoms with E-state index in [9.17, 15) is 19.5 Å². The first-order valence-corrected chi connectivity index (χ1v) is 14.0. The molecule has 1 atom stereocenters. The number of benzene rings is 1. The van der Waals surface area contributed by atoms with Crippen molar-refractivity contribution >= 4 is 34.6 Å². The lowest BCUT2D eigenvalue weighted by molar-refractivity contribution is -0.139. The van der Waals surface area contributed by atoms with Gasteiger partial charge in [-0.2, -0.15) is 0 Å². The third-order valence-corrected chi connectivity index (χ3v) is 7.39. The predicted octanol–water partition coefficient (Wildman–Crippen LogP) is 3.30. The molecule has 2 aliphatic rings. The molecule has 1 fully saturated rings. The van der Waals surface area contributed by atoms with E-state index in [-0.39, 0.29) is 24.7 Å². The molecule has 39 heavy (non-hydrogen) atoms. The minimum atomic E-state index is -1.14. The fourth-order valence-corrected chi connectivity index (χ4v) is 5.02. The number of fused-ring (bicyclic) bond motifs is 2. The molecule has 206 valence electrons. The van der Waals surface area contributed by atoms with Crippen LogP contribution in [0.25, 0.3) is 11.0 Å². The van der Waals surface area contributed by atoms with Crippen molar-refractivity contribution in [1.82, 2.24) is 25.2 Å². The van der Waals surface area contributed by atoms with Crippen molar-refractivity contribution in [2.75, 3.05) is 18.4 Å². The molecular formula is C29H36N6O4. The molecular weight excluding hydrogens is 496 g/mol. The van der Waals surface area contributed by atoms with Gasteiger partial charge in [-0.25, -0.2) is 14.8 Å². The van der Waals surface area contributed by atoms with Crippen LogP contribution < -0.4 is 16.0 Å². The summed E-state index contributed by atoms with van der Waals surface area (Å²) in [7, 11) is 0.